The molecule has 0 aromatic carbocycles. The molecule has 5 rings (SSSR count). The number of unbranched alkanes of at least 4 members (excludes halogenated alkanes) is 2. The minimum Gasteiger partial charge on any atom is -0.492 e. The Labute approximate surface area is 224 Å². The van der Waals surface area contributed by atoms with Crippen molar-refractivity contribution in [3.8, 4) is 5.75 Å². The van der Waals surface area contributed by atoms with E-state index in [1.54, 1.807) is 24.4 Å². The van der Waals surface area contributed by atoms with Crippen LogP contribution < -0.4 is 26.4 Å². The summed E-state index contributed by atoms with van der Waals surface area (Å²) in [6.07, 6.45) is 6.50. The van der Waals surface area contributed by atoms with Gasteiger partial charge in [-0.1, -0.05) is 0 Å². The fourth-order valence-electron chi connectivity index (χ4n) is 4.90. The molecular formula is C26H32N8O5. The normalized spacial score (nSPS) is 18.4. The van der Waals surface area contributed by atoms with Crippen LogP contribution in [0.1, 0.15) is 48.5 Å². The molecule has 0 saturated carbocycles. The Morgan fingerprint density at radius 3 is 2.59 bits per heavy atom. The zero-order valence-corrected chi connectivity index (χ0v) is 21.6. The highest BCUT2D eigenvalue weighted by Crippen LogP contribution is 2.18. The molecule has 2 fully saturated rings. The van der Waals surface area contributed by atoms with Gasteiger partial charge in [0.25, 0.3) is 5.91 Å². The summed E-state index contributed by atoms with van der Waals surface area (Å²) in [5, 5.41) is 6.52. The molecule has 13 heteroatoms. The Kier molecular flexibility index (Phi) is 7.87. The van der Waals surface area contributed by atoms with Crippen molar-refractivity contribution in [1.82, 2.24) is 29.4 Å². The molecule has 0 radical (unpaired) electrons. The topological polar surface area (TPSA) is 157 Å². The van der Waals surface area contributed by atoms with Crippen LogP contribution in [-0.2, 0) is 9.59 Å². The standard InChI is InChI=1S/C26H32N8O5/c27-24(36)18-4-7-21(28-16-18)32-13-11-31(12-14-32)10-2-1-3-15-39-19-5-8-22-30-34(26(38)33(22)17-19)20-6-9-23(35)29-25(20)37/h4-5,7-8,16-17,20H,1-3,6,9-15H2,(H2,27,36)(H,29,35,37). The van der Waals surface area contributed by atoms with Crippen LogP contribution in [0.5, 0.6) is 5.75 Å². The first-order valence-electron chi connectivity index (χ1n) is 13.2. The second-order valence-corrected chi connectivity index (χ2v) is 9.79. The third-order valence-corrected chi connectivity index (χ3v) is 7.13. The molecular weight excluding hydrogens is 504 g/mol. The summed E-state index contributed by atoms with van der Waals surface area (Å²) in [5.41, 5.74) is 5.67. The van der Waals surface area contributed by atoms with E-state index in [1.807, 2.05) is 6.07 Å². The van der Waals surface area contributed by atoms with Crippen LogP contribution in [0, 0.1) is 0 Å². The number of hydrogen-bond donors (Lipinski definition) is 2. The second-order valence-electron chi connectivity index (χ2n) is 9.79. The summed E-state index contributed by atoms with van der Waals surface area (Å²) in [7, 11) is 0. The first kappa shape index (κ1) is 26.4. The zero-order chi connectivity index (χ0) is 27.4. The van der Waals surface area contributed by atoms with Crippen molar-refractivity contribution in [2.24, 2.45) is 5.73 Å². The predicted octanol–water partition coefficient (Wildman–Crippen LogP) is 0.339. The van der Waals surface area contributed by atoms with Crippen molar-refractivity contribution in [1.29, 1.82) is 0 Å². The first-order chi connectivity index (χ1) is 18.9. The molecule has 3 amide bonds. The lowest BCUT2D eigenvalue weighted by molar-refractivity contribution is -0.136. The van der Waals surface area contributed by atoms with E-state index >= 15 is 0 Å². The number of nitrogens with one attached hydrogen (secondary N) is 1. The number of hydrogen-bond acceptors (Lipinski definition) is 9. The Hall–Kier alpha value is -4.26. The van der Waals surface area contributed by atoms with Crippen molar-refractivity contribution in [3.05, 3.63) is 52.7 Å². The summed E-state index contributed by atoms with van der Waals surface area (Å²) < 4.78 is 8.36. The number of carbonyl (C=O) groups is 3. The molecule has 1 atom stereocenters. The summed E-state index contributed by atoms with van der Waals surface area (Å²) in [6, 6.07) is 6.19. The fourth-order valence-corrected chi connectivity index (χ4v) is 4.90. The molecule has 0 spiro atoms. The van der Waals surface area contributed by atoms with Crippen molar-refractivity contribution in [2.45, 2.75) is 38.1 Å². The van der Waals surface area contributed by atoms with Crippen LogP contribution in [0.3, 0.4) is 0 Å². The highest BCUT2D eigenvalue weighted by atomic mass is 16.5. The highest BCUT2D eigenvalue weighted by Gasteiger charge is 2.30. The van der Waals surface area contributed by atoms with E-state index in [4.69, 9.17) is 10.5 Å². The molecule has 2 saturated heterocycles. The Morgan fingerprint density at radius 1 is 1.05 bits per heavy atom. The van der Waals surface area contributed by atoms with Crippen LogP contribution in [0.15, 0.2) is 41.5 Å². The van der Waals surface area contributed by atoms with Gasteiger partial charge >= 0.3 is 5.69 Å². The average Bonchev–Trinajstić information content (AvgIpc) is 3.26. The number of piperidine rings is 1. The van der Waals surface area contributed by atoms with Gasteiger partial charge in [0.1, 0.15) is 17.6 Å². The zero-order valence-electron chi connectivity index (χ0n) is 21.6. The van der Waals surface area contributed by atoms with Gasteiger partial charge in [-0.3, -0.25) is 24.6 Å². The number of imide groups is 1. The van der Waals surface area contributed by atoms with E-state index in [2.05, 4.69) is 25.2 Å². The number of fused-ring (bicyclic) bond motifs is 1. The van der Waals surface area contributed by atoms with Gasteiger partial charge in [0, 0.05) is 38.8 Å². The minimum absolute atomic E-state index is 0.173. The summed E-state index contributed by atoms with van der Waals surface area (Å²) >= 11 is 0. The second kappa shape index (κ2) is 11.6. The Bertz CT molecular complexity index is 1410. The number of ether oxygens (including phenoxy) is 1. The van der Waals surface area contributed by atoms with E-state index in [-0.39, 0.29) is 18.7 Å². The number of anilines is 1. The fraction of sp³-hybridized carbons (Fsp3) is 0.462. The highest BCUT2D eigenvalue weighted by molar-refractivity contribution is 5.99. The van der Waals surface area contributed by atoms with E-state index in [0.717, 1.165) is 62.5 Å². The number of carbonyl (C=O) groups excluding carboxylic acids is 3. The number of primary amides is 1. The number of nitrogens with zero attached hydrogens (tertiary/aromatic N) is 6. The third-order valence-electron chi connectivity index (χ3n) is 7.13. The van der Waals surface area contributed by atoms with Crippen LogP contribution in [-0.4, -0.2) is 81.1 Å². The number of pyridine rings is 2. The maximum absolute atomic E-state index is 12.8. The van der Waals surface area contributed by atoms with Gasteiger partial charge in [-0.05, 0) is 56.5 Å². The number of piperazine rings is 1. The average molecular weight is 537 g/mol. The molecule has 2 aliphatic heterocycles. The van der Waals surface area contributed by atoms with Crippen LogP contribution >= 0.6 is 0 Å². The van der Waals surface area contributed by atoms with Crippen molar-refractivity contribution in [2.75, 3.05) is 44.2 Å². The maximum atomic E-state index is 12.8. The molecule has 3 aromatic rings. The summed E-state index contributed by atoms with van der Waals surface area (Å²) in [5.74, 6) is 0.0966. The van der Waals surface area contributed by atoms with Gasteiger partial charge < -0.3 is 15.4 Å². The maximum Gasteiger partial charge on any atom is 0.351 e. The van der Waals surface area contributed by atoms with Crippen molar-refractivity contribution >= 4 is 29.2 Å². The predicted molar refractivity (Wildman–Crippen MR) is 142 cm³/mol. The molecule has 13 nitrogen and oxygen atoms in total. The number of aromatic nitrogens is 4. The number of rotatable bonds is 10. The Morgan fingerprint density at radius 2 is 1.87 bits per heavy atom. The van der Waals surface area contributed by atoms with E-state index in [1.165, 1.54) is 10.6 Å². The number of amides is 3. The SMILES string of the molecule is NC(=O)c1ccc(N2CCN(CCCCCOc3ccc4nn(C5CCC(=O)NC5=O)c(=O)n4c3)CC2)nc1. The molecule has 39 heavy (non-hydrogen) atoms. The van der Waals surface area contributed by atoms with Crippen molar-refractivity contribution < 1.29 is 19.1 Å². The molecule has 0 aliphatic carbocycles. The van der Waals surface area contributed by atoms with Crippen molar-refractivity contribution in [3.63, 3.8) is 0 Å². The summed E-state index contributed by atoms with van der Waals surface area (Å²) in [6.45, 7) is 5.22. The van der Waals surface area contributed by atoms with Gasteiger partial charge in [0.05, 0.1) is 18.4 Å². The smallest absolute Gasteiger partial charge is 0.351 e. The lowest BCUT2D eigenvalue weighted by Gasteiger charge is -2.35. The van der Waals surface area contributed by atoms with E-state index in [0.29, 0.717) is 23.6 Å². The van der Waals surface area contributed by atoms with E-state index in [9.17, 15) is 19.2 Å². The summed E-state index contributed by atoms with van der Waals surface area (Å²) in [4.78, 5) is 56.6. The van der Waals surface area contributed by atoms with Gasteiger partial charge in [-0.25, -0.2) is 14.2 Å². The first-order valence-corrected chi connectivity index (χ1v) is 13.2. The van der Waals surface area contributed by atoms with Gasteiger partial charge in [0.15, 0.2) is 5.65 Å². The van der Waals surface area contributed by atoms with Crippen LogP contribution in [0.2, 0.25) is 0 Å². The largest absolute Gasteiger partial charge is 0.492 e. The molecule has 0 bridgehead atoms. The quantitative estimate of drug-likeness (QED) is 0.275. The molecule has 3 aromatic heterocycles. The van der Waals surface area contributed by atoms with Gasteiger partial charge in [-0.15, -0.1) is 5.10 Å². The molecule has 5 heterocycles. The van der Waals surface area contributed by atoms with Crippen LogP contribution in [0.4, 0.5) is 5.82 Å². The van der Waals surface area contributed by atoms with Gasteiger partial charge in [0.2, 0.25) is 11.8 Å². The minimum atomic E-state index is -0.797. The lowest BCUT2D eigenvalue weighted by Crippen LogP contribution is -2.46. The molecule has 3 N–H and O–H groups in total. The van der Waals surface area contributed by atoms with E-state index < -0.39 is 23.5 Å². The third kappa shape index (κ3) is 6.08. The molecule has 2 aliphatic rings. The lowest BCUT2D eigenvalue weighted by atomic mass is 10.1. The Balaban J connectivity index is 1.03. The van der Waals surface area contributed by atoms with Gasteiger partial charge in [-0.2, -0.15) is 4.68 Å². The number of nitrogens with two attached hydrogens (primary N) is 1. The van der Waals surface area contributed by atoms with Crippen LogP contribution in [0.25, 0.3) is 5.65 Å². The monoisotopic (exact) mass is 536 g/mol. The molecule has 1 unspecified atom stereocenters. The molecule has 206 valence electrons.